The molecule has 6 heteroatoms. The summed E-state index contributed by atoms with van der Waals surface area (Å²) in [5, 5.41) is 11.3. The highest BCUT2D eigenvalue weighted by Gasteiger charge is 2.01. The molecule has 0 saturated heterocycles. The number of rotatable bonds is 6. The van der Waals surface area contributed by atoms with Crippen molar-refractivity contribution in [2.24, 2.45) is 5.10 Å². The van der Waals surface area contributed by atoms with Gasteiger partial charge >= 0.3 is 0 Å². The fraction of sp³-hybridized carbons (Fsp3) is 0.211. The lowest BCUT2D eigenvalue weighted by Gasteiger charge is -2.07. The van der Waals surface area contributed by atoms with E-state index < -0.39 is 0 Å². The van der Waals surface area contributed by atoms with Crippen LogP contribution in [0.1, 0.15) is 29.4 Å². The Morgan fingerprint density at radius 1 is 1.24 bits per heavy atom. The third-order valence-electron chi connectivity index (χ3n) is 3.72. The second-order valence-corrected chi connectivity index (χ2v) is 6.09. The Morgan fingerprint density at radius 2 is 2.04 bits per heavy atom. The van der Waals surface area contributed by atoms with Crippen LogP contribution < -0.4 is 4.74 Å². The van der Waals surface area contributed by atoms with Gasteiger partial charge in [-0.25, -0.2) is 0 Å². The number of aromatic nitrogens is 3. The number of H-pyrrole nitrogens is 1. The number of nitrogens with zero attached hydrogens (tertiary/aromatic N) is 3. The predicted molar refractivity (Wildman–Crippen MR) is 102 cm³/mol. The average molecular weight is 352 g/mol. The maximum absolute atomic E-state index is 5.83. The third kappa shape index (κ3) is 4.42. The molecule has 0 unspecified atom stereocenters. The van der Waals surface area contributed by atoms with E-state index in [-0.39, 0.29) is 0 Å². The number of benzene rings is 2. The number of hydrogen-bond donors (Lipinski definition) is 1. The van der Waals surface area contributed by atoms with Crippen LogP contribution in [-0.2, 0) is 13.0 Å². The van der Waals surface area contributed by atoms with Crippen LogP contribution in [0, 0.1) is 11.7 Å². The Morgan fingerprint density at radius 3 is 2.76 bits per heavy atom. The molecular formula is C19H20N4OS. The molecular weight excluding hydrogens is 332 g/mol. The summed E-state index contributed by atoms with van der Waals surface area (Å²) in [7, 11) is 0. The van der Waals surface area contributed by atoms with E-state index in [0.717, 1.165) is 29.1 Å². The van der Waals surface area contributed by atoms with E-state index >= 15 is 0 Å². The van der Waals surface area contributed by atoms with Gasteiger partial charge in [-0.3, -0.25) is 5.10 Å². The van der Waals surface area contributed by atoms with Gasteiger partial charge in [-0.15, -0.1) is 0 Å². The van der Waals surface area contributed by atoms with Crippen LogP contribution in [0.3, 0.4) is 0 Å². The molecule has 0 radical (unpaired) electrons. The summed E-state index contributed by atoms with van der Waals surface area (Å²) in [6, 6.07) is 16.1. The number of ether oxygens (including phenoxy) is 1. The zero-order valence-electron chi connectivity index (χ0n) is 14.3. The fourth-order valence-corrected chi connectivity index (χ4v) is 2.61. The van der Waals surface area contributed by atoms with Gasteiger partial charge in [0.1, 0.15) is 12.4 Å². The van der Waals surface area contributed by atoms with E-state index in [4.69, 9.17) is 17.0 Å². The number of aromatic amines is 1. The second-order valence-electron chi connectivity index (χ2n) is 5.70. The molecule has 5 nitrogen and oxygen atoms in total. The molecule has 0 spiro atoms. The summed E-state index contributed by atoms with van der Waals surface area (Å²) in [6.07, 6.45) is 2.52. The summed E-state index contributed by atoms with van der Waals surface area (Å²) >= 11 is 5.18. The molecule has 25 heavy (non-hydrogen) atoms. The Balaban J connectivity index is 1.65. The van der Waals surface area contributed by atoms with Crippen molar-refractivity contribution in [2.75, 3.05) is 0 Å². The van der Waals surface area contributed by atoms with Crippen molar-refractivity contribution in [3.63, 3.8) is 0 Å². The number of aryl methyl sites for hydroxylation is 2. The standard InChI is InChI=1S/C19H20N4OS/c1-3-18-21-22-19(25)23(18)20-12-15-7-9-17(10-8-15)24-13-16-6-4-5-14(2)11-16/h4-12H,3,13H2,1-2H3,(H,22,25)/b20-12-. The molecule has 0 aliphatic rings. The largest absolute Gasteiger partial charge is 0.489 e. The van der Waals surface area contributed by atoms with Gasteiger partial charge in [0.05, 0.1) is 6.21 Å². The highest BCUT2D eigenvalue weighted by Crippen LogP contribution is 2.14. The normalized spacial score (nSPS) is 11.1. The van der Waals surface area contributed by atoms with E-state index in [0.29, 0.717) is 11.4 Å². The van der Waals surface area contributed by atoms with Crippen molar-refractivity contribution in [2.45, 2.75) is 26.9 Å². The van der Waals surface area contributed by atoms with Crippen molar-refractivity contribution >= 4 is 18.4 Å². The lowest BCUT2D eigenvalue weighted by molar-refractivity contribution is 0.306. The van der Waals surface area contributed by atoms with Crippen LogP contribution in [-0.4, -0.2) is 21.1 Å². The van der Waals surface area contributed by atoms with Crippen LogP contribution >= 0.6 is 12.2 Å². The minimum Gasteiger partial charge on any atom is -0.489 e. The molecule has 1 N–H and O–H groups in total. The van der Waals surface area contributed by atoms with E-state index in [9.17, 15) is 0 Å². The van der Waals surface area contributed by atoms with E-state index in [1.54, 1.807) is 10.9 Å². The average Bonchev–Trinajstić information content (AvgIpc) is 2.99. The van der Waals surface area contributed by atoms with E-state index in [1.165, 1.54) is 5.56 Å². The zero-order valence-corrected chi connectivity index (χ0v) is 15.1. The molecule has 0 bridgehead atoms. The number of hydrogen-bond acceptors (Lipinski definition) is 4. The summed E-state index contributed by atoms with van der Waals surface area (Å²) in [5.41, 5.74) is 3.36. The van der Waals surface area contributed by atoms with Crippen LogP contribution in [0.4, 0.5) is 0 Å². The Hall–Kier alpha value is -2.73. The quantitative estimate of drug-likeness (QED) is 0.532. The molecule has 0 aliphatic heterocycles. The minimum atomic E-state index is 0.492. The first-order valence-electron chi connectivity index (χ1n) is 8.15. The molecule has 0 fully saturated rings. The monoisotopic (exact) mass is 352 g/mol. The van der Waals surface area contributed by atoms with Gasteiger partial charge in [0, 0.05) is 6.42 Å². The summed E-state index contributed by atoms with van der Waals surface area (Å²) in [6.45, 7) is 4.64. The Kier molecular flexibility index (Phi) is 5.40. The van der Waals surface area contributed by atoms with Crippen LogP contribution in [0.25, 0.3) is 0 Å². The smallest absolute Gasteiger partial charge is 0.216 e. The first kappa shape index (κ1) is 17.1. The Bertz CT molecular complexity index is 925. The van der Waals surface area contributed by atoms with Gasteiger partial charge in [-0.05, 0) is 54.5 Å². The maximum Gasteiger partial charge on any atom is 0.216 e. The number of nitrogens with one attached hydrogen (secondary N) is 1. The van der Waals surface area contributed by atoms with Crippen molar-refractivity contribution < 1.29 is 4.74 Å². The van der Waals surface area contributed by atoms with Crippen LogP contribution in [0.15, 0.2) is 53.6 Å². The van der Waals surface area contributed by atoms with Gasteiger partial charge in [-0.2, -0.15) is 14.9 Å². The van der Waals surface area contributed by atoms with Gasteiger partial charge in [0.2, 0.25) is 4.77 Å². The molecule has 0 saturated carbocycles. The van der Waals surface area contributed by atoms with Gasteiger partial charge in [0.25, 0.3) is 0 Å². The molecule has 3 aromatic rings. The first-order valence-corrected chi connectivity index (χ1v) is 8.55. The molecule has 128 valence electrons. The van der Waals surface area contributed by atoms with Crippen molar-refractivity contribution in [3.8, 4) is 5.75 Å². The molecule has 2 aromatic carbocycles. The van der Waals surface area contributed by atoms with Gasteiger partial charge < -0.3 is 4.74 Å². The summed E-state index contributed by atoms with van der Waals surface area (Å²) in [5.74, 6) is 1.63. The topological polar surface area (TPSA) is 55.2 Å². The summed E-state index contributed by atoms with van der Waals surface area (Å²) < 4.78 is 7.95. The van der Waals surface area contributed by atoms with Crippen molar-refractivity contribution in [3.05, 3.63) is 75.8 Å². The van der Waals surface area contributed by atoms with Gasteiger partial charge in [-0.1, -0.05) is 36.8 Å². The highest BCUT2D eigenvalue weighted by molar-refractivity contribution is 7.71. The molecule has 0 amide bonds. The second kappa shape index (κ2) is 7.90. The fourth-order valence-electron chi connectivity index (χ4n) is 2.42. The molecule has 0 atom stereocenters. The van der Waals surface area contributed by atoms with Crippen molar-refractivity contribution in [1.29, 1.82) is 0 Å². The third-order valence-corrected chi connectivity index (χ3v) is 3.99. The molecule has 1 aromatic heterocycles. The molecule has 1 heterocycles. The highest BCUT2D eigenvalue weighted by atomic mass is 32.1. The van der Waals surface area contributed by atoms with E-state index in [2.05, 4.69) is 40.4 Å². The SMILES string of the molecule is CCc1n[nH]c(=S)n1/N=C\c1ccc(OCc2cccc(C)c2)cc1. The lowest BCUT2D eigenvalue weighted by Crippen LogP contribution is -1.98. The van der Waals surface area contributed by atoms with Crippen LogP contribution in [0.2, 0.25) is 0 Å². The summed E-state index contributed by atoms with van der Waals surface area (Å²) in [4.78, 5) is 0. The predicted octanol–water partition coefficient (Wildman–Crippen LogP) is 4.27. The molecule has 3 rings (SSSR count). The zero-order chi connectivity index (χ0) is 17.6. The Labute approximate surface area is 152 Å². The lowest BCUT2D eigenvalue weighted by atomic mass is 10.1. The maximum atomic E-state index is 5.83. The van der Waals surface area contributed by atoms with Crippen LogP contribution in [0.5, 0.6) is 5.75 Å². The van der Waals surface area contributed by atoms with Crippen molar-refractivity contribution in [1.82, 2.24) is 14.9 Å². The molecule has 0 aliphatic carbocycles. The first-order chi connectivity index (χ1) is 12.2. The minimum absolute atomic E-state index is 0.492. The van der Waals surface area contributed by atoms with E-state index in [1.807, 2.05) is 37.3 Å². The van der Waals surface area contributed by atoms with Gasteiger partial charge in [0.15, 0.2) is 5.82 Å².